The Hall–Kier alpha value is -3.41. The van der Waals surface area contributed by atoms with E-state index in [1.807, 2.05) is 53.1 Å². The predicted molar refractivity (Wildman–Crippen MR) is 135 cm³/mol. The number of piperidine rings is 2. The molecule has 0 spiro atoms. The standard InChI is InChI=1S/C29H32N2O4/c1-20-9-11-24-23(18-29(34)35-26(24)16-20)17-28(33)31-14-5-8-22-19-30(15-13-25(22)31)27(32)12-10-21-6-3-2-4-7-21/h2-4,6-7,9,11,16,18,22,25H,5,8,10,12-15,17,19H2,1H3/t22-,25-/m1/s1. The maximum Gasteiger partial charge on any atom is 0.336 e. The molecule has 35 heavy (non-hydrogen) atoms. The molecule has 0 bridgehead atoms. The molecule has 0 saturated carbocycles. The highest BCUT2D eigenvalue weighted by Crippen LogP contribution is 2.32. The minimum atomic E-state index is -0.426. The summed E-state index contributed by atoms with van der Waals surface area (Å²) in [6.45, 7) is 4.10. The zero-order valence-electron chi connectivity index (χ0n) is 20.2. The van der Waals surface area contributed by atoms with Crippen molar-refractivity contribution in [1.29, 1.82) is 0 Å². The number of amides is 2. The van der Waals surface area contributed by atoms with Crippen LogP contribution < -0.4 is 5.63 Å². The van der Waals surface area contributed by atoms with Gasteiger partial charge in [-0.3, -0.25) is 9.59 Å². The van der Waals surface area contributed by atoms with Gasteiger partial charge in [0.15, 0.2) is 0 Å². The molecule has 2 saturated heterocycles. The predicted octanol–water partition coefficient (Wildman–Crippen LogP) is 4.12. The Bertz CT molecular complexity index is 1280. The number of nitrogens with zero attached hydrogens (tertiary/aromatic N) is 2. The Labute approximate surface area is 205 Å². The van der Waals surface area contributed by atoms with Gasteiger partial charge in [-0.1, -0.05) is 42.5 Å². The summed E-state index contributed by atoms with van der Waals surface area (Å²) < 4.78 is 5.36. The molecule has 2 aliphatic heterocycles. The molecule has 0 unspecified atom stereocenters. The summed E-state index contributed by atoms with van der Waals surface area (Å²) in [6.07, 6.45) is 4.25. The number of fused-ring (bicyclic) bond motifs is 2. The maximum absolute atomic E-state index is 13.4. The van der Waals surface area contributed by atoms with Gasteiger partial charge in [0.25, 0.3) is 0 Å². The average molecular weight is 473 g/mol. The Morgan fingerprint density at radius 2 is 1.83 bits per heavy atom. The van der Waals surface area contributed by atoms with Crippen LogP contribution in [0.2, 0.25) is 0 Å². The fourth-order valence-electron chi connectivity index (χ4n) is 5.74. The molecule has 0 radical (unpaired) electrons. The number of benzene rings is 2. The van der Waals surface area contributed by atoms with Crippen molar-refractivity contribution in [2.45, 2.75) is 51.5 Å². The second-order valence-electron chi connectivity index (χ2n) is 9.94. The molecule has 6 heteroatoms. The van der Waals surface area contributed by atoms with Crippen LogP contribution in [-0.2, 0) is 22.4 Å². The van der Waals surface area contributed by atoms with E-state index >= 15 is 0 Å². The van der Waals surface area contributed by atoms with Crippen LogP contribution in [0, 0.1) is 12.8 Å². The fraction of sp³-hybridized carbons (Fsp3) is 0.414. The van der Waals surface area contributed by atoms with Crippen molar-refractivity contribution in [1.82, 2.24) is 9.80 Å². The van der Waals surface area contributed by atoms with E-state index in [4.69, 9.17) is 4.42 Å². The first-order chi connectivity index (χ1) is 17.0. The fourth-order valence-corrected chi connectivity index (χ4v) is 5.74. The monoisotopic (exact) mass is 472 g/mol. The molecule has 0 N–H and O–H groups in total. The van der Waals surface area contributed by atoms with Crippen molar-refractivity contribution in [3.05, 3.63) is 81.7 Å². The third-order valence-corrected chi connectivity index (χ3v) is 7.54. The van der Waals surface area contributed by atoms with Gasteiger partial charge in [-0.25, -0.2) is 4.79 Å². The summed E-state index contributed by atoms with van der Waals surface area (Å²) in [5.41, 5.74) is 3.01. The number of rotatable bonds is 5. The first kappa shape index (κ1) is 23.3. The Kier molecular flexibility index (Phi) is 6.71. The van der Waals surface area contributed by atoms with Crippen molar-refractivity contribution >= 4 is 22.8 Å². The summed E-state index contributed by atoms with van der Waals surface area (Å²) in [6, 6.07) is 17.5. The molecule has 3 aromatic rings. The molecule has 2 aliphatic rings. The van der Waals surface area contributed by atoms with E-state index in [-0.39, 0.29) is 24.3 Å². The van der Waals surface area contributed by atoms with Crippen LogP contribution in [0.4, 0.5) is 0 Å². The van der Waals surface area contributed by atoms with Crippen molar-refractivity contribution in [3.63, 3.8) is 0 Å². The van der Waals surface area contributed by atoms with Crippen molar-refractivity contribution < 1.29 is 14.0 Å². The average Bonchev–Trinajstić information content (AvgIpc) is 2.86. The van der Waals surface area contributed by atoms with E-state index in [1.54, 1.807) is 0 Å². The first-order valence-corrected chi connectivity index (χ1v) is 12.6. The van der Waals surface area contributed by atoms with Crippen LogP contribution in [0.25, 0.3) is 11.0 Å². The van der Waals surface area contributed by atoms with Crippen molar-refractivity contribution in [2.75, 3.05) is 19.6 Å². The van der Waals surface area contributed by atoms with Gasteiger partial charge in [0.1, 0.15) is 5.58 Å². The molecule has 2 aromatic carbocycles. The smallest absolute Gasteiger partial charge is 0.336 e. The van der Waals surface area contributed by atoms with Gasteiger partial charge in [0.2, 0.25) is 11.8 Å². The van der Waals surface area contributed by atoms with Crippen molar-refractivity contribution in [2.24, 2.45) is 5.92 Å². The summed E-state index contributed by atoms with van der Waals surface area (Å²) >= 11 is 0. The molecule has 0 aliphatic carbocycles. The third-order valence-electron chi connectivity index (χ3n) is 7.54. The lowest BCUT2D eigenvalue weighted by atomic mass is 9.83. The van der Waals surface area contributed by atoms with Crippen LogP contribution >= 0.6 is 0 Å². The van der Waals surface area contributed by atoms with Crippen LogP contribution in [0.5, 0.6) is 0 Å². The highest BCUT2D eigenvalue weighted by molar-refractivity contribution is 5.87. The van der Waals surface area contributed by atoms with Crippen LogP contribution in [-0.4, -0.2) is 47.3 Å². The van der Waals surface area contributed by atoms with E-state index in [1.165, 1.54) is 11.6 Å². The molecule has 6 nitrogen and oxygen atoms in total. The molecule has 1 aromatic heterocycles. The number of hydrogen-bond acceptors (Lipinski definition) is 4. The highest BCUT2D eigenvalue weighted by Gasteiger charge is 2.39. The summed E-state index contributed by atoms with van der Waals surface area (Å²) in [4.78, 5) is 42.4. The SMILES string of the molecule is Cc1ccc2c(CC(=O)N3CCC[C@@H]4CN(C(=O)CCc5ccccc5)CC[C@H]43)cc(=O)oc2c1. The second kappa shape index (κ2) is 10.1. The molecule has 2 atom stereocenters. The van der Waals surface area contributed by atoms with Gasteiger partial charge in [-0.05, 0) is 61.3 Å². The lowest BCUT2D eigenvalue weighted by Crippen LogP contribution is -2.57. The van der Waals surface area contributed by atoms with Gasteiger partial charge in [-0.2, -0.15) is 0 Å². The lowest BCUT2D eigenvalue weighted by Gasteiger charge is -2.47. The molecular weight excluding hydrogens is 440 g/mol. The molecule has 3 heterocycles. The van der Waals surface area contributed by atoms with Gasteiger partial charge in [0.05, 0.1) is 6.42 Å². The van der Waals surface area contributed by atoms with Crippen LogP contribution in [0.15, 0.2) is 63.8 Å². The normalized spacial score (nSPS) is 20.0. The maximum atomic E-state index is 13.4. The van der Waals surface area contributed by atoms with Gasteiger partial charge < -0.3 is 14.2 Å². The summed E-state index contributed by atoms with van der Waals surface area (Å²) in [5.74, 6) is 0.562. The Morgan fingerprint density at radius 1 is 1.00 bits per heavy atom. The quantitative estimate of drug-likeness (QED) is 0.524. The molecule has 2 fully saturated rings. The number of hydrogen-bond donors (Lipinski definition) is 0. The third kappa shape index (κ3) is 5.16. The first-order valence-electron chi connectivity index (χ1n) is 12.6. The van der Waals surface area contributed by atoms with Crippen molar-refractivity contribution in [3.8, 4) is 0 Å². The van der Waals surface area contributed by atoms with Crippen LogP contribution in [0.1, 0.15) is 42.4 Å². The van der Waals surface area contributed by atoms with Crippen LogP contribution in [0.3, 0.4) is 0 Å². The minimum Gasteiger partial charge on any atom is -0.423 e. The van der Waals surface area contributed by atoms with E-state index < -0.39 is 5.63 Å². The summed E-state index contributed by atoms with van der Waals surface area (Å²) in [5, 5.41) is 0.816. The number of aryl methyl sites for hydroxylation is 2. The largest absolute Gasteiger partial charge is 0.423 e. The highest BCUT2D eigenvalue weighted by atomic mass is 16.4. The van der Waals surface area contributed by atoms with Gasteiger partial charge in [0, 0.05) is 43.5 Å². The topological polar surface area (TPSA) is 70.8 Å². The van der Waals surface area contributed by atoms with E-state index in [0.717, 1.165) is 55.3 Å². The molecule has 182 valence electrons. The number of likely N-dealkylation sites (tertiary alicyclic amines) is 2. The van der Waals surface area contributed by atoms with E-state index in [2.05, 4.69) is 12.1 Å². The zero-order chi connectivity index (χ0) is 24.4. The number of carbonyl (C=O) groups is 2. The Balaban J connectivity index is 1.24. The summed E-state index contributed by atoms with van der Waals surface area (Å²) in [7, 11) is 0. The minimum absolute atomic E-state index is 0.0519. The molecular formula is C29H32N2O4. The zero-order valence-corrected chi connectivity index (χ0v) is 20.2. The van der Waals surface area contributed by atoms with E-state index in [0.29, 0.717) is 24.5 Å². The van der Waals surface area contributed by atoms with Gasteiger partial charge >= 0.3 is 5.63 Å². The molecule has 2 amide bonds. The Morgan fingerprint density at radius 3 is 2.66 bits per heavy atom. The lowest BCUT2D eigenvalue weighted by molar-refractivity contribution is -0.141. The second-order valence-corrected chi connectivity index (χ2v) is 9.94. The molecule has 5 rings (SSSR count). The number of carbonyl (C=O) groups excluding carboxylic acids is 2. The van der Waals surface area contributed by atoms with E-state index in [9.17, 15) is 14.4 Å². The van der Waals surface area contributed by atoms with Gasteiger partial charge in [-0.15, -0.1) is 0 Å².